The van der Waals surface area contributed by atoms with E-state index >= 15 is 0 Å². The van der Waals surface area contributed by atoms with Crippen LogP contribution in [0, 0.1) is 6.92 Å². The van der Waals surface area contributed by atoms with Crippen LogP contribution in [0.15, 0.2) is 40.0 Å². The molecule has 1 aromatic heterocycles. The topological polar surface area (TPSA) is 78.0 Å². The molecule has 2 aromatic rings. The first kappa shape index (κ1) is 13.3. The molecule has 0 unspecified atom stereocenters. The highest BCUT2D eigenvalue weighted by Crippen LogP contribution is 2.14. The minimum absolute atomic E-state index is 0.0999. The highest BCUT2D eigenvalue weighted by atomic mass is 79.9. The molecule has 5 nitrogen and oxygen atoms in total. The third-order valence-electron chi connectivity index (χ3n) is 2.51. The first-order valence-corrected chi connectivity index (χ1v) is 7.51. The van der Waals surface area contributed by atoms with E-state index in [1.165, 1.54) is 6.20 Å². The number of hydrogen-bond donors (Lipinski definition) is 1. The lowest BCUT2D eigenvalue weighted by molar-refractivity contribution is 0.594. The molecule has 0 aliphatic carbocycles. The molecular formula is C11H12BrN3O2S. The molecule has 1 aromatic carbocycles. The van der Waals surface area contributed by atoms with Crippen molar-refractivity contribution in [1.82, 2.24) is 9.55 Å². The minimum atomic E-state index is -3.74. The number of primary sulfonamides is 1. The molecule has 0 bridgehead atoms. The molecule has 0 saturated carbocycles. The Balaban J connectivity index is 2.30. The maximum absolute atomic E-state index is 11.2. The second-order valence-corrected chi connectivity index (χ2v) is 6.35. The fourth-order valence-corrected chi connectivity index (χ4v) is 2.36. The van der Waals surface area contributed by atoms with Crippen molar-refractivity contribution < 1.29 is 8.42 Å². The number of aromatic nitrogens is 2. The van der Waals surface area contributed by atoms with Crippen molar-refractivity contribution in [3.05, 3.63) is 46.3 Å². The molecule has 0 aliphatic heterocycles. The zero-order chi connectivity index (χ0) is 13.3. The zero-order valence-corrected chi connectivity index (χ0v) is 12.1. The highest BCUT2D eigenvalue weighted by Gasteiger charge is 2.14. The molecule has 7 heteroatoms. The first-order valence-electron chi connectivity index (χ1n) is 5.17. The summed E-state index contributed by atoms with van der Waals surface area (Å²) in [6.07, 6.45) is 1.45. The van der Waals surface area contributed by atoms with Crippen LogP contribution < -0.4 is 5.14 Å². The fourth-order valence-electron chi connectivity index (χ4n) is 1.56. The molecule has 0 spiro atoms. The third-order valence-corrected chi connectivity index (χ3v) is 3.82. The summed E-state index contributed by atoms with van der Waals surface area (Å²) >= 11 is 3.36. The van der Waals surface area contributed by atoms with E-state index in [-0.39, 0.29) is 5.03 Å². The van der Waals surface area contributed by atoms with Gasteiger partial charge in [0, 0.05) is 17.2 Å². The molecule has 0 atom stereocenters. The minimum Gasteiger partial charge on any atom is -0.329 e. The van der Waals surface area contributed by atoms with Crippen LogP contribution in [-0.4, -0.2) is 18.0 Å². The average Bonchev–Trinajstić information content (AvgIpc) is 2.63. The Hall–Kier alpha value is -1.18. The standard InChI is InChI=1S/C11H12BrN3O2S/c1-8-14-11(18(13,16)17)7-15(8)6-9-2-4-10(12)5-3-9/h2-5,7H,6H2,1H3,(H2,13,16,17). The van der Waals surface area contributed by atoms with E-state index in [9.17, 15) is 8.42 Å². The lowest BCUT2D eigenvalue weighted by Gasteiger charge is -2.04. The summed E-state index contributed by atoms with van der Waals surface area (Å²) < 4.78 is 25.1. The van der Waals surface area contributed by atoms with Gasteiger partial charge in [-0.15, -0.1) is 0 Å². The summed E-state index contributed by atoms with van der Waals surface area (Å²) in [5, 5.41) is 4.94. The Labute approximate surface area is 114 Å². The predicted molar refractivity (Wildman–Crippen MR) is 71.6 cm³/mol. The summed E-state index contributed by atoms with van der Waals surface area (Å²) in [5.41, 5.74) is 1.06. The average molecular weight is 330 g/mol. The van der Waals surface area contributed by atoms with E-state index in [0.29, 0.717) is 12.4 Å². The van der Waals surface area contributed by atoms with Gasteiger partial charge in [0.05, 0.1) is 0 Å². The number of nitrogens with two attached hydrogens (primary N) is 1. The number of rotatable bonds is 3. The van der Waals surface area contributed by atoms with Gasteiger partial charge >= 0.3 is 0 Å². The molecule has 0 saturated heterocycles. The third kappa shape index (κ3) is 2.98. The fraction of sp³-hybridized carbons (Fsp3) is 0.182. The lowest BCUT2D eigenvalue weighted by atomic mass is 10.2. The Morgan fingerprint density at radius 2 is 1.94 bits per heavy atom. The van der Waals surface area contributed by atoms with Gasteiger partial charge in [0.2, 0.25) is 0 Å². The van der Waals surface area contributed by atoms with Crippen molar-refractivity contribution >= 4 is 26.0 Å². The van der Waals surface area contributed by atoms with Gasteiger partial charge in [-0.2, -0.15) is 0 Å². The lowest BCUT2D eigenvalue weighted by Crippen LogP contribution is -2.12. The number of nitrogens with zero attached hydrogens (tertiary/aromatic N) is 2. The number of hydrogen-bond acceptors (Lipinski definition) is 3. The monoisotopic (exact) mass is 329 g/mol. The van der Waals surface area contributed by atoms with Crippen molar-refractivity contribution in [2.75, 3.05) is 0 Å². The molecule has 2 rings (SSSR count). The van der Waals surface area contributed by atoms with Gasteiger partial charge in [-0.25, -0.2) is 18.5 Å². The second-order valence-electron chi connectivity index (χ2n) is 3.93. The Morgan fingerprint density at radius 1 is 1.33 bits per heavy atom. The summed E-state index contributed by atoms with van der Waals surface area (Å²) in [7, 11) is -3.74. The van der Waals surface area contributed by atoms with Crippen molar-refractivity contribution in [3.63, 3.8) is 0 Å². The molecule has 96 valence electrons. The van der Waals surface area contributed by atoms with Crippen LogP contribution in [0.2, 0.25) is 0 Å². The van der Waals surface area contributed by atoms with Gasteiger partial charge in [0.25, 0.3) is 10.0 Å². The molecule has 1 heterocycles. The molecule has 0 radical (unpaired) electrons. The predicted octanol–water partition coefficient (Wildman–Crippen LogP) is 1.65. The number of sulfonamides is 1. The Kier molecular flexibility index (Phi) is 3.56. The highest BCUT2D eigenvalue weighted by molar-refractivity contribution is 9.10. The van der Waals surface area contributed by atoms with E-state index in [4.69, 9.17) is 5.14 Å². The molecule has 18 heavy (non-hydrogen) atoms. The van der Waals surface area contributed by atoms with Gasteiger partial charge in [-0.1, -0.05) is 28.1 Å². The van der Waals surface area contributed by atoms with E-state index in [0.717, 1.165) is 10.0 Å². The zero-order valence-electron chi connectivity index (χ0n) is 9.67. The smallest absolute Gasteiger partial charge is 0.257 e. The SMILES string of the molecule is Cc1nc(S(N)(=O)=O)cn1Cc1ccc(Br)cc1. The molecule has 0 aliphatic rings. The van der Waals surface area contributed by atoms with Crippen LogP contribution in [0.25, 0.3) is 0 Å². The maximum Gasteiger partial charge on any atom is 0.257 e. The van der Waals surface area contributed by atoms with E-state index in [2.05, 4.69) is 20.9 Å². The largest absolute Gasteiger partial charge is 0.329 e. The number of aryl methyl sites for hydroxylation is 1. The molecule has 0 amide bonds. The van der Waals surface area contributed by atoms with Crippen LogP contribution in [0.3, 0.4) is 0 Å². The summed E-state index contributed by atoms with van der Waals surface area (Å²) in [4.78, 5) is 3.94. The van der Waals surface area contributed by atoms with Crippen molar-refractivity contribution in [1.29, 1.82) is 0 Å². The van der Waals surface area contributed by atoms with E-state index < -0.39 is 10.0 Å². The summed E-state index contributed by atoms with van der Waals surface area (Å²) in [5.74, 6) is 0.613. The van der Waals surface area contributed by atoms with Gasteiger partial charge in [-0.3, -0.25) is 0 Å². The second kappa shape index (κ2) is 4.83. The van der Waals surface area contributed by atoms with Crippen molar-refractivity contribution in [2.24, 2.45) is 5.14 Å². The molecule has 0 fully saturated rings. The first-order chi connectivity index (χ1) is 8.36. The molecule has 2 N–H and O–H groups in total. The van der Waals surface area contributed by atoms with E-state index in [1.807, 2.05) is 24.3 Å². The molecular weight excluding hydrogens is 318 g/mol. The van der Waals surface area contributed by atoms with Crippen LogP contribution in [-0.2, 0) is 16.6 Å². The number of imidazole rings is 1. The van der Waals surface area contributed by atoms with Gasteiger partial charge in [0.15, 0.2) is 5.03 Å². The number of benzene rings is 1. The summed E-state index contributed by atoms with van der Waals surface area (Å²) in [6.45, 7) is 2.30. The van der Waals surface area contributed by atoms with E-state index in [1.54, 1.807) is 11.5 Å². The quantitative estimate of drug-likeness (QED) is 0.929. The van der Waals surface area contributed by atoms with Crippen LogP contribution in [0.4, 0.5) is 0 Å². The summed E-state index contributed by atoms with van der Waals surface area (Å²) in [6, 6.07) is 7.78. The van der Waals surface area contributed by atoms with Crippen LogP contribution in [0.1, 0.15) is 11.4 Å². The van der Waals surface area contributed by atoms with Gasteiger partial charge in [0.1, 0.15) is 5.82 Å². The number of halogens is 1. The Bertz CT molecular complexity index is 662. The van der Waals surface area contributed by atoms with Gasteiger partial charge < -0.3 is 4.57 Å². The van der Waals surface area contributed by atoms with Crippen LogP contribution in [0.5, 0.6) is 0 Å². The van der Waals surface area contributed by atoms with Gasteiger partial charge in [-0.05, 0) is 24.6 Å². The Morgan fingerprint density at radius 3 is 2.44 bits per heavy atom. The normalized spacial score (nSPS) is 11.7. The maximum atomic E-state index is 11.2. The van der Waals surface area contributed by atoms with Crippen LogP contribution >= 0.6 is 15.9 Å². The van der Waals surface area contributed by atoms with Crippen molar-refractivity contribution in [2.45, 2.75) is 18.5 Å². The van der Waals surface area contributed by atoms with Crippen molar-refractivity contribution in [3.8, 4) is 0 Å².